The van der Waals surface area contributed by atoms with Crippen LogP contribution in [0.4, 0.5) is 0 Å². The van der Waals surface area contributed by atoms with Gasteiger partial charge in [-0.05, 0) is 18.9 Å². The number of benzene rings is 1. The highest BCUT2D eigenvalue weighted by atomic mass is 16.2. The van der Waals surface area contributed by atoms with E-state index in [1.807, 2.05) is 42.1 Å². The first kappa shape index (κ1) is 13.3. The highest BCUT2D eigenvalue weighted by Crippen LogP contribution is 2.21. The molecule has 0 aliphatic carbocycles. The van der Waals surface area contributed by atoms with Crippen LogP contribution in [0.25, 0.3) is 11.4 Å². The zero-order chi connectivity index (χ0) is 13.8. The van der Waals surface area contributed by atoms with Gasteiger partial charge in [0.15, 0.2) is 5.82 Å². The lowest BCUT2D eigenvalue weighted by Crippen LogP contribution is -2.39. The Bertz CT molecular complexity index is 574. The number of nitrogens with zero attached hydrogens (tertiary/aromatic N) is 3. The minimum Gasteiger partial charge on any atom is -0.273 e. The lowest BCUT2D eigenvalue weighted by Gasteiger charge is -2.23. The second kappa shape index (κ2) is 5.69. The number of aromatic nitrogens is 2. The molecule has 0 saturated heterocycles. The maximum Gasteiger partial charge on any atom is 0.238 e. The summed E-state index contributed by atoms with van der Waals surface area (Å²) in [5.74, 6) is 0.830. The standard InChI is InChI=1S/C15H19N3O/c1-4-10-17(13(3)19)18-11-9-16-15(18)14-8-6-5-7-12(14)2/h5-9,11H,4,10H2,1-3H3. The number of aryl methyl sites for hydroxylation is 1. The smallest absolute Gasteiger partial charge is 0.238 e. The van der Waals surface area contributed by atoms with Crippen molar-refractivity contribution in [3.63, 3.8) is 0 Å². The van der Waals surface area contributed by atoms with Crippen LogP contribution in [0.3, 0.4) is 0 Å². The lowest BCUT2D eigenvalue weighted by atomic mass is 10.1. The highest BCUT2D eigenvalue weighted by molar-refractivity contribution is 5.84. The normalized spacial score (nSPS) is 10.5. The van der Waals surface area contributed by atoms with E-state index < -0.39 is 0 Å². The Kier molecular flexibility index (Phi) is 4.00. The van der Waals surface area contributed by atoms with Crippen molar-refractivity contribution in [2.45, 2.75) is 27.2 Å². The Morgan fingerprint density at radius 3 is 2.74 bits per heavy atom. The van der Waals surface area contributed by atoms with Crippen LogP contribution >= 0.6 is 0 Å². The summed E-state index contributed by atoms with van der Waals surface area (Å²) in [7, 11) is 0. The molecule has 0 bridgehead atoms. The fourth-order valence-corrected chi connectivity index (χ4v) is 2.14. The van der Waals surface area contributed by atoms with Crippen LogP contribution < -0.4 is 5.01 Å². The molecule has 1 aromatic carbocycles. The molecule has 1 aromatic heterocycles. The van der Waals surface area contributed by atoms with E-state index in [1.165, 1.54) is 0 Å². The summed E-state index contributed by atoms with van der Waals surface area (Å²) in [5, 5.41) is 1.72. The average Bonchev–Trinajstić information content (AvgIpc) is 2.84. The molecule has 0 unspecified atom stereocenters. The van der Waals surface area contributed by atoms with Gasteiger partial charge in [0.2, 0.25) is 5.91 Å². The largest absolute Gasteiger partial charge is 0.273 e. The summed E-state index contributed by atoms with van der Waals surface area (Å²) in [5.41, 5.74) is 2.20. The van der Waals surface area contributed by atoms with Gasteiger partial charge in [0.05, 0.1) is 0 Å². The van der Waals surface area contributed by atoms with E-state index >= 15 is 0 Å². The molecule has 0 spiro atoms. The van der Waals surface area contributed by atoms with Gasteiger partial charge in [-0.2, -0.15) is 0 Å². The van der Waals surface area contributed by atoms with Gasteiger partial charge in [-0.1, -0.05) is 31.2 Å². The van der Waals surface area contributed by atoms with Crippen LogP contribution in [0.1, 0.15) is 25.8 Å². The molecule has 100 valence electrons. The molecule has 0 aliphatic heterocycles. The molecule has 19 heavy (non-hydrogen) atoms. The second-order valence-corrected chi connectivity index (χ2v) is 4.55. The van der Waals surface area contributed by atoms with Crippen molar-refractivity contribution in [3.8, 4) is 11.4 Å². The maximum atomic E-state index is 11.8. The fourth-order valence-electron chi connectivity index (χ4n) is 2.14. The summed E-state index contributed by atoms with van der Waals surface area (Å²) in [4.78, 5) is 16.2. The quantitative estimate of drug-likeness (QED) is 0.844. The molecule has 1 amide bonds. The van der Waals surface area contributed by atoms with Crippen LogP contribution in [0.5, 0.6) is 0 Å². The van der Waals surface area contributed by atoms with Crippen LogP contribution in [-0.2, 0) is 4.79 Å². The number of amides is 1. The van der Waals surface area contributed by atoms with Crippen LogP contribution in [0, 0.1) is 6.92 Å². The SMILES string of the molecule is CCCN(C(C)=O)n1ccnc1-c1ccccc1C. The third-order valence-electron chi connectivity index (χ3n) is 3.07. The average molecular weight is 257 g/mol. The van der Waals surface area contributed by atoms with Gasteiger partial charge in [-0.25, -0.2) is 14.7 Å². The second-order valence-electron chi connectivity index (χ2n) is 4.55. The van der Waals surface area contributed by atoms with E-state index in [2.05, 4.69) is 11.9 Å². The molecule has 0 radical (unpaired) electrons. The minimum atomic E-state index is 0.0229. The van der Waals surface area contributed by atoms with Crippen LogP contribution in [-0.4, -0.2) is 22.1 Å². The van der Waals surface area contributed by atoms with E-state index in [4.69, 9.17) is 0 Å². The number of rotatable bonds is 4. The first-order valence-electron chi connectivity index (χ1n) is 6.53. The summed E-state index contributed by atoms with van der Waals surface area (Å²) in [6.45, 7) is 6.37. The van der Waals surface area contributed by atoms with Crippen LogP contribution in [0.15, 0.2) is 36.7 Å². The Morgan fingerprint density at radius 2 is 2.11 bits per heavy atom. The Morgan fingerprint density at radius 1 is 1.37 bits per heavy atom. The van der Waals surface area contributed by atoms with E-state index in [1.54, 1.807) is 18.1 Å². The Balaban J connectivity index is 2.47. The molecule has 0 fully saturated rings. The van der Waals surface area contributed by atoms with Crippen molar-refractivity contribution in [1.29, 1.82) is 0 Å². The first-order chi connectivity index (χ1) is 9.15. The monoisotopic (exact) mass is 257 g/mol. The van der Waals surface area contributed by atoms with Gasteiger partial charge in [-0.15, -0.1) is 0 Å². The molecule has 2 rings (SSSR count). The molecule has 0 N–H and O–H groups in total. The molecule has 4 nitrogen and oxygen atoms in total. The molecule has 2 aromatic rings. The van der Waals surface area contributed by atoms with Gasteiger partial charge in [0.1, 0.15) is 0 Å². The predicted molar refractivity (Wildman–Crippen MR) is 76.5 cm³/mol. The summed E-state index contributed by atoms with van der Waals surface area (Å²) in [6.07, 6.45) is 4.47. The van der Waals surface area contributed by atoms with Gasteiger partial charge in [-0.3, -0.25) is 4.79 Å². The molecule has 0 atom stereocenters. The van der Waals surface area contributed by atoms with Gasteiger partial charge in [0.25, 0.3) is 0 Å². The molecular weight excluding hydrogens is 238 g/mol. The minimum absolute atomic E-state index is 0.0229. The predicted octanol–water partition coefficient (Wildman–Crippen LogP) is 2.75. The third-order valence-corrected chi connectivity index (χ3v) is 3.07. The summed E-state index contributed by atoms with van der Waals surface area (Å²) >= 11 is 0. The van der Waals surface area contributed by atoms with Crippen molar-refractivity contribution in [2.24, 2.45) is 0 Å². The zero-order valence-electron chi connectivity index (χ0n) is 11.6. The fraction of sp³-hybridized carbons (Fsp3) is 0.333. The lowest BCUT2D eigenvalue weighted by molar-refractivity contribution is -0.118. The van der Waals surface area contributed by atoms with E-state index in [-0.39, 0.29) is 5.91 Å². The Labute approximate surface area is 113 Å². The highest BCUT2D eigenvalue weighted by Gasteiger charge is 2.15. The molecule has 0 saturated carbocycles. The topological polar surface area (TPSA) is 38.1 Å². The van der Waals surface area contributed by atoms with Crippen molar-refractivity contribution in [3.05, 3.63) is 42.2 Å². The summed E-state index contributed by atoms with van der Waals surface area (Å²) in [6, 6.07) is 8.06. The van der Waals surface area contributed by atoms with Crippen molar-refractivity contribution >= 4 is 5.91 Å². The third kappa shape index (κ3) is 2.67. The number of imidazole rings is 1. The number of hydrogen-bond acceptors (Lipinski definition) is 2. The van der Waals surface area contributed by atoms with E-state index in [0.717, 1.165) is 23.4 Å². The zero-order valence-corrected chi connectivity index (χ0v) is 11.6. The Hall–Kier alpha value is -2.10. The molecule has 1 heterocycles. The maximum absolute atomic E-state index is 11.8. The van der Waals surface area contributed by atoms with Crippen molar-refractivity contribution in [2.75, 3.05) is 11.6 Å². The number of hydrogen-bond donors (Lipinski definition) is 0. The van der Waals surface area contributed by atoms with Crippen molar-refractivity contribution in [1.82, 2.24) is 9.66 Å². The molecule has 4 heteroatoms. The van der Waals surface area contributed by atoms with Gasteiger partial charge in [0, 0.05) is 31.4 Å². The van der Waals surface area contributed by atoms with Gasteiger partial charge < -0.3 is 0 Å². The number of carbonyl (C=O) groups is 1. The van der Waals surface area contributed by atoms with E-state index in [0.29, 0.717) is 6.54 Å². The van der Waals surface area contributed by atoms with E-state index in [9.17, 15) is 4.79 Å². The van der Waals surface area contributed by atoms with Crippen LogP contribution in [0.2, 0.25) is 0 Å². The number of carbonyl (C=O) groups excluding carboxylic acids is 1. The van der Waals surface area contributed by atoms with Gasteiger partial charge >= 0.3 is 0 Å². The first-order valence-corrected chi connectivity index (χ1v) is 6.53. The van der Waals surface area contributed by atoms with Crippen molar-refractivity contribution < 1.29 is 4.79 Å². The molecular formula is C15H19N3O. The summed E-state index contributed by atoms with van der Waals surface area (Å²) < 4.78 is 1.84. The molecule has 0 aliphatic rings.